The summed E-state index contributed by atoms with van der Waals surface area (Å²) in [7, 11) is 1.51. The lowest BCUT2D eigenvalue weighted by Gasteiger charge is -2.14. The standard InChI is InChI=1S/C16H23NO5/c1-10(2)9-22-13-6-5-12(7-14(13)21-4)15(18)17-8-11(3)16(19)20/h5-7,10-11H,8-9H2,1-4H3,(H,17,18)(H,19,20). The molecule has 0 aliphatic rings. The molecule has 1 atom stereocenters. The number of ether oxygens (including phenoxy) is 2. The molecular formula is C16H23NO5. The summed E-state index contributed by atoms with van der Waals surface area (Å²) in [6.45, 7) is 6.24. The maximum atomic E-state index is 12.0. The van der Waals surface area contributed by atoms with Crippen molar-refractivity contribution in [3.63, 3.8) is 0 Å². The Morgan fingerprint density at radius 2 is 1.91 bits per heavy atom. The van der Waals surface area contributed by atoms with Crippen molar-refractivity contribution in [1.29, 1.82) is 0 Å². The number of carboxylic acid groups (broad SMARTS) is 1. The van der Waals surface area contributed by atoms with Crippen molar-refractivity contribution in [3.05, 3.63) is 23.8 Å². The second-order valence-corrected chi connectivity index (χ2v) is 5.52. The second-order valence-electron chi connectivity index (χ2n) is 5.52. The van der Waals surface area contributed by atoms with Crippen LogP contribution in [-0.4, -0.2) is 37.2 Å². The van der Waals surface area contributed by atoms with Crippen molar-refractivity contribution in [3.8, 4) is 11.5 Å². The monoisotopic (exact) mass is 309 g/mol. The molecule has 1 rings (SSSR count). The third-order valence-electron chi connectivity index (χ3n) is 2.99. The van der Waals surface area contributed by atoms with Gasteiger partial charge >= 0.3 is 5.97 Å². The first-order valence-corrected chi connectivity index (χ1v) is 7.17. The van der Waals surface area contributed by atoms with Gasteiger partial charge in [-0.05, 0) is 24.1 Å². The van der Waals surface area contributed by atoms with E-state index >= 15 is 0 Å². The average Bonchev–Trinajstić information content (AvgIpc) is 2.49. The van der Waals surface area contributed by atoms with Gasteiger partial charge in [-0.3, -0.25) is 9.59 Å². The molecule has 22 heavy (non-hydrogen) atoms. The number of nitrogens with one attached hydrogen (secondary N) is 1. The van der Waals surface area contributed by atoms with E-state index < -0.39 is 11.9 Å². The van der Waals surface area contributed by atoms with Crippen LogP contribution in [0, 0.1) is 11.8 Å². The number of methoxy groups -OCH3 is 1. The Kier molecular flexibility index (Phi) is 6.69. The summed E-state index contributed by atoms with van der Waals surface area (Å²) in [5.41, 5.74) is 0.395. The van der Waals surface area contributed by atoms with E-state index in [0.29, 0.717) is 29.6 Å². The van der Waals surface area contributed by atoms with Crippen LogP contribution in [0.15, 0.2) is 18.2 Å². The zero-order chi connectivity index (χ0) is 16.7. The van der Waals surface area contributed by atoms with Crippen LogP contribution in [0.3, 0.4) is 0 Å². The quantitative estimate of drug-likeness (QED) is 0.769. The van der Waals surface area contributed by atoms with E-state index in [-0.39, 0.29) is 12.5 Å². The van der Waals surface area contributed by atoms with Crippen LogP contribution in [0.25, 0.3) is 0 Å². The number of rotatable bonds is 8. The van der Waals surface area contributed by atoms with Gasteiger partial charge in [0.25, 0.3) is 5.91 Å². The van der Waals surface area contributed by atoms with Crippen LogP contribution in [0.5, 0.6) is 11.5 Å². The summed E-state index contributed by atoms with van der Waals surface area (Å²) < 4.78 is 10.9. The first kappa shape index (κ1) is 17.8. The molecule has 1 aromatic carbocycles. The lowest BCUT2D eigenvalue weighted by atomic mass is 10.1. The van der Waals surface area contributed by atoms with E-state index in [2.05, 4.69) is 5.32 Å². The van der Waals surface area contributed by atoms with Gasteiger partial charge in [0.2, 0.25) is 0 Å². The van der Waals surface area contributed by atoms with Gasteiger partial charge in [0.1, 0.15) is 0 Å². The third-order valence-corrected chi connectivity index (χ3v) is 2.99. The Morgan fingerprint density at radius 3 is 2.45 bits per heavy atom. The fourth-order valence-electron chi connectivity index (χ4n) is 1.62. The molecule has 0 fully saturated rings. The number of carbonyl (C=O) groups is 2. The minimum atomic E-state index is -0.949. The van der Waals surface area contributed by atoms with Crippen LogP contribution < -0.4 is 14.8 Å². The van der Waals surface area contributed by atoms with Crippen LogP contribution in [0.2, 0.25) is 0 Å². The van der Waals surface area contributed by atoms with Gasteiger partial charge in [0.05, 0.1) is 19.6 Å². The molecule has 0 bridgehead atoms. The van der Waals surface area contributed by atoms with Gasteiger partial charge < -0.3 is 19.9 Å². The molecule has 6 nitrogen and oxygen atoms in total. The molecule has 1 unspecified atom stereocenters. The van der Waals surface area contributed by atoms with Gasteiger partial charge in [0, 0.05) is 12.1 Å². The van der Waals surface area contributed by atoms with E-state index in [4.69, 9.17) is 14.6 Å². The SMILES string of the molecule is COc1cc(C(=O)NCC(C)C(=O)O)ccc1OCC(C)C. The van der Waals surface area contributed by atoms with E-state index in [1.165, 1.54) is 14.0 Å². The Labute approximate surface area is 130 Å². The summed E-state index contributed by atoms with van der Waals surface area (Å²) in [6.07, 6.45) is 0. The molecule has 1 aromatic rings. The van der Waals surface area contributed by atoms with E-state index in [9.17, 15) is 9.59 Å². The van der Waals surface area contributed by atoms with E-state index in [0.717, 1.165) is 0 Å². The maximum Gasteiger partial charge on any atom is 0.308 e. The first-order chi connectivity index (χ1) is 10.3. The number of aliphatic carboxylic acids is 1. The van der Waals surface area contributed by atoms with Crippen molar-refractivity contribution in [2.75, 3.05) is 20.3 Å². The number of hydrogen-bond donors (Lipinski definition) is 2. The minimum Gasteiger partial charge on any atom is -0.493 e. The van der Waals surface area contributed by atoms with Crippen LogP contribution >= 0.6 is 0 Å². The predicted octanol–water partition coefficient (Wildman–Crippen LogP) is 2.18. The molecule has 0 aliphatic heterocycles. The Hall–Kier alpha value is -2.24. The van der Waals surface area contributed by atoms with Gasteiger partial charge in [-0.15, -0.1) is 0 Å². The molecule has 0 radical (unpaired) electrons. The number of carboxylic acids is 1. The molecule has 1 amide bonds. The van der Waals surface area contributed by atoms with Gasteiger partial charge in [-0.2, -0.15) is 0 Å². The topological polar surface area (TPSA) is 84.9 Å². The number of amides is 1. The Balaban J connectivity index is 2.75. The van der Waals surface area contributed by atoms with Gasteiger partial charge in [-0.25, -0.2) is 0 Å². The molecule has 2 N–H and O–H groups in total. The smallest absolute Gasteiger partial charge is 0.308 e. The largest absolute Gasteiger partial charge is 0.493 e. The third kappa shape index (κ3) is 5.27. The zero-order valence-corrected chi connectivity index (χ0v) is 13.4. The van der Waals surface area contributed by atoms with E-state index in [1.54, 1.807) is 18.2 Å². The highest BCUT2D eigenvalue weighted by molar-refractivity contribution is 5.95. The number of hydrogen-bond acceptors (Lipinski definition) is 4. The summed E-state index contributed by atoms with van der Waals surface area (Å²) in [5, 5.41) is 11.4. The van der Waals surface area contributed by atoms with Gasteiger partial charge in [0.15, 0.2) is 11.5 Å². The molecule has 0 aliphatic carbocycles. The lowest BCUT2D eigenvalue weighted by Crippen LogP contribution is -2.31. The summed E-state index contributed by atoms with van der Waals surface area (Å²) >= 11 is 0. The Bertz CT molecular complexity index is 527. The Morgan fingerprint density at radius 1 is 1.23 bits per heavy atom. The fourth-order valence-corrected chi connectivity index (χ4v) is 1.62. The highest BCUT2D eigenvalue weighted by Crippen LogP contribution is 2.28. The normalized spacial score (nSPS) is 11.9. The highest BCUT2D eigenvalue weighted by Gasteiger charge is 2.15. The van der Waals surface area contributed by atoms with Crippen molar-refractivity contribution in [2.45, 2.75) is 20.8 Å². The molecule has 0 spiro atoms. The molecule has 0 heterocycles. The van der Waals surface area contributed by atoms with Crippen LogP contribution in [-0.2, 0) is 4.79 Å². The first-order valence-electron chi connectivity index (χ1n) is 7.17. The van der Waals surface area contributed by atoms with Crippen molar-refractivity contribution < 1.29 is 24.2 Å². The summed E-state index contributed by atoms with van der Waals surface area (Å²) in [5.74, 6) is -0.506. The number of carbonyl (C=O) groups excluding carboxylic acids is 1. The second kappa shape index (κ2) is 8.26. The maximum absolute atomic E-state index is 12.0. The van der Waals surface area contributed by atoms with Crippen LogP contribution in [0.1, 0.15) is 31.1 Å². The molecule has 0 saturated carbocycles. The lowest BCUT2D eigenvalue weighted by molar-refractivity contribution is -0.140. The highest BCUT2D eigenvalue weighted by atomic mass is 16.5. The molecule has 122 valence electrons. The van der Waals surface area contributed by atoms with E-state index in [1.807, 2.05) is 13.8 Å². The molecule has 0 aromatic heterocycles. The van der Waals surface area contributed by atoms with Crippen molar-refractivity contribution >= 4 is 11.9 Å². The summed E-state index contributed by atoms with van der Waals surface area (Å²) in [4.78, 5) is 22.7. The van der Waals surface area contributed by atoms with Crippen molar-refractivity contribution in [2.24, 2.45) is 11.8 Å². The van der Waals surface area contributed by atoms with Crippen molar-refractivity contribution in [1.82, 2.24) is 5.32 Å². The zero-order valence-electron chi connectivity index (χ0n) is 13.4. The minimum absolute atomic E-state index is 0.0715. The number of benzene rings is 1. The molecule has 6 heteroatoms. The summed E-state index contributed by atoms with van der Waals surface area (Å²) in [6, 6.07) is 4.88. The van der Waals surface area contributed by atoms with Gasteiger partial charge in [-0.1, -0.05) is 20.8 Å². The fraction of sp³-hybridized carbons (Fsp3) is 0.500. The molecule has 0 saturated heterocycles. The van der Waals surface area contributed by atoms with Crippen LogP contribution in [0.4, 0.5) is 0 Å². The average molecular weight is 309 g/mol. The predicted molar refractivity (Wildman–Crippen MR) is 82.5 cm³/mol. The molecular weight excluding hydrogens is 286 g/mol.